The van der Waals surface area contributed by atoms with E-state index in [0.717, 1.165) is 24.5 Å². The van der Waals surface area contributed by atoms with Crippen molar-refractivity contribution < 1.29 is 14.6 Å². The molecule has 1 amide bonds. The summed E-state index contributed by atoms with van der Waals surface area (Å²) in [5, 5.41) is 22.7. The first-order valence-electron chi connectivity index (χ1n) is 9.55. The number of nitriles is 1. The van der Waals surface area contributed by atoms with Crippen LogP contribution in [0.4, 0.5) is 5.82 Å². The summed E-state index contributed by atoms with van der Waals surface area (Å²) in [5.74, 6) is 0.0610. The Morgan fingerprint density at radius 1 is 1.23 bits per heavy atom. The molecule has 2 N–H and O–H groups in total. The van der Waals surface area contributed by atoms with E-state index >= 15 is 0 Å². The van der Waals surface area contributed by atoms with Gasteiger partial charge in [0.1, 0.15) is 17.6 Å². The average molecular weight is 404 g/mol. The second-order valence-electron chi connectivity index (χ2n) is 6.94. The summed E-state index contributed by atoms with van der Waals surface area (Å²) >= 11 is 0. The number of carbonyl (C=O) groups excluding carboxylic acids is 1. The maximum absolute atomic E-state index is 12.7. The van der Waals surface area contributed by atoms with Gasteiger partial charge in [0.2, 0.25) is 0 Å². The molecule has 3 aromatic rings. The smallest absolute Gasteiger partial charge is 0.274 e. The highest BCUT2D eigenvalue weighted by Gasteiger charge is 2.20. The molecular weight excluding hydrogens is 384 g/mol. The lowest BCUT2D eigenvalue weighted by molar-refractivity contribution is 0.0932. The molecule has 1 aliphatic heterocycles. The van der Waals surface area contributed by atoms with Crippen LogP contribution in [-0.2, 0) is 4.74 Å². The van der Waals surface area contributed by atoms with Crippen molar-refractivity contribution in [3.8, 4) is 11.8 Å². The highest BCUT2D eigenvalue weighted by molar-refractivity contribution is 6.01. The lowest BCUT2D eigenvalue weighted by Crippen LogP contribution is -2.36. The molecule has 3 aromatic heterocycles. The minimum absolute atomic E-state index is 0.0723. The van der Waals surface area contributed by atoms with E-state index in [4.69, 9.17) is 10.00 Å². The van der Waals surface area contributed by atoms with Gasteiger partial charge in [-0.05, 0) is 30.7 Å². The van der Waals surface area contributed by atoms with Crippen molar-refractivity contribution in [3.05, 3.63) is 53.6 Å². The summed E-state index contributed by atoms with van der Waals surface area (Å²) in [5.41, 5.74) is 1.48. The zero-order chi connectivity index (χ0) is 21.1. The number of carbonyl (C=O) groups is 1. The Kier molecular flexibility index (Phi) is 5.41. The van der Waals surface area contributed by atoms with Gasteiger partial charge in [-0.25, -0.2) is 15.0 Å². The summed E-state index contributed by atoms with van der Waals surface area (Å²) in [6.07, 6.45) is 3.02. The topological polar surface area (TPSA) is 124 Å². The first-order chi connectivity index (χ1) is 14.6. The zero-order valence-corrected chi connectivity index (χ0v) is 16.4. The second kappa shape index (κ2) is 8.31. The van der Waals surface area contributed by atoms with Gasteiger partial charge in [0, 0.05) is 24.7 Å². The molecule has 1 aliphatic rings. The third-order valence-corrected chi connectivity index (χ3v) is 5.00. The van der Waals surface area contributed by atoms with Gasteiger partial charge in [0.05, 0.1) is 31.0 Å². The molecular formula is C21H20N6O3. The van der Waals surface area contributed by atoms with E-state index < -0.39 is 5.91 Å². The summed E-state index contributed by atoms with van der Waals surface area (Å²) in [6.45, 7) is 4.58. The predicted molar refractivity (Wildman–Crippen MR) is 109 cm³/mol. The van der Waals surface area contributed by atoms with Crippen molar-refractivity contribution in [2.45, 2.75) is 13.0 Å². The van der Waals surface area contributed by atoms with E-state index in [1.54, 1.807) is 25.1 Å². The van der Waals surface area contributed by atoms with Crippen LogP contribution in [0.25, 0.3) is 10.9 Å². The van der Waals surface area contributed by atoms with Crippen LogP contribution in [0, 0.1) is 11.3 Å². The molecule has 0 radical (unpaired) electrons. The van der Waals surface area contributed by atoms with Gasteiger partial charge in [-0.15, -0.1) is 0 Å². The summed E-state index contributed by atoms with van der Waals surface area (Å²) in [7, 11) is 0. The Morgan fingerprint density at radius 2 is 2.03 bits per heavy atom. The molecule has 0 aromatic carbocycles. The molecule has 4 heterocycles. The minimum atomic E-state index is -0.511. The Labute approximate surface area is 173 Å². The van der Waals surface area contributed by atoms with Crippen LogP contribution in [-0.4, -0.2) is 52.3 Å². The van der Waals surface area contributed by atoms with Gasteiger partial charge in [-0.3, -0.25) is 4.79 Å². The van der Waals surface area contributed by atoms with Gasteiger partial charge in [0.15, 0.2) is 11.4 Å². The van der Waals surface area contributed by atoms with E-state index in [1.165, 1.54) is 12.4 Å². The average Bonchev–Trinajstić information content (AvgIpc) is 2.79. The number of amides is 1. The molecule has 0 bridgehead atoms. The van der Waals surface area contributed by atoms with Crippen molar-refractivity contribution in [3.63, 3.8) is 0 Å². The number of ether oxygens (including phenoxy) is 1. The molecule has 1 unspecified atom stereocenters. The van der Waals surface area contributed by atoms with Gasteiger partial charge in [-0.1, -0.05) is 6.07 Å². The Bertz CT molecular complexity index is 1120. The SMILES string of the molecule is CC(NC(=O)c1ncc2nc(N3CCOCC3)ccc2c1O)c1ccc(C#N)nc1. The fourth-order valence-corrected chi connectivity index (χ4v) is 3.29. The highest BCUT2D eigenvalue weighted by Crippen LogP contribution is 2.28. The predicted octanol–water partition coefficient (Wildman–Crippen LogP) is 1.93. The number of pyridine rings is 3. The fourth-order valence-electron chi connectivity index (χ4n) is 3.29. The normalized spacial score (nSPS) is 14.9. The molecule has 4 rings (SSSR count). The Hall–Kier alpha value is -3.77. The fraction of sp³-hybridized carbons (Fsp3) is 0.286. The van der Waals surface area contributed by atoms with Crippen LogP contribution >= 0.6 is 0 Å². The Balaban J connectivity index is 1.55. The maximum Gasteiger partial charge on any atom is 0.274 e. The lowest BCUT2D eigenvalue weighted by Gasteiger charge is -2.27. The summed E-state index contributed by atoms with van der Waals surface area (Å²) in [6, 6.07) is 8.45. The maximum atomic E-state index is 12.7. The van der Waals surface area contributed by atoms with Crippen LogP contribution in [0.5, 0.6) is 5.75 Å². The van der Waals surface area contributed by atoms with E-state index in [-0.39, 0.29) is 17.5 Å². The highest BCUT2D eigenvalue weighted by atomic mass is 16.5. The molecule has 1 saturated heterocycles. The molecule has 1 fully saturated rings. The molecule has 9 nitrogen and oxygen atoms in total. The zero-order valence-electron chi connectivity index (χ0n) is 16.4. The van der Waals surface area contributed by atoms with Crippen LogP contribution in [0.15, 0.2) is 36.7 Å². The largest absolute Gasteiger partial charge is 0.505 e. The minimum Gasteiger partial charge on any atom is -0.505 e. The number of aromatic nitrogens is 3. The van der Waals surface area contributed by atoms with Crippen LogP contribution < -0.4 is 10.2 Å². The van der Waals surface area contributed by atoms with Gasteiger partial charge in [0.25, 0.3) is 5.91 Å². The number of hydrogen-bond acceptors (Lipinski definition) is 8. The molecule has 1 atom stereocenters. The molecule has 0 aliphatic carbocycles. The molecule has 30 heavy (non-hydrogen) atoms. The van der Waals surface area contributed by atoms with Gasteiger partial charge in [-0.2, -0.15) is 5.26 Å². The number of hydrogen-bond donors (Lipinski definition) is 2. The Morgan fingerprint density at radius 3 is 2.73 bits per heavy atom. The van der Waals surface area contributed by atoms with Crippen molar-refractivity contribution in [2.75, 3.05) is 31.2 Å². The van der Waals surface area contributed by atoms with Crippen LogP contribution in [0.3, 0.4) is 0 Å². The van der Waals surface area contributed by atoms with Crippen molar-refractivity contribution in [2.24, 2.45) is 0 Å². The quantitative estimate of drug-likeness (QED) is 0.676. The molecule has 9 heteroatoms. The first kappa shape index (κ1) is 19.5. The summed E-state index contributed by atoms with van der Waals surface area (Å²) in [4.78, 5) is 27.5. The lowest BCUT2D eigenvalue weighted by atomic mass is 10.1. The monoisotopic (exact) mass is 404 g/mol. The van der Waals surface area contributed by atoms with Gasteiger partial charge < -0.3 is 20.1 Å². The third-order valence-electron chi connectivity index (χ3n) is 5.00. The van der Waals surface area contributed by atoms with Crippen molar-refractivity contribution in [1.82, 2.24) is 20.3 Å². The number of nitrogens with zero attached hydrogens (tertiary/aromatic N) is 5. The summed E-state index contributed by atoms with van der Waals surface area (Å²) < 4.78 is 5.36. The first-order valence-corrected chi connectivity index (χ1v) is 9.55. The number of anilines is 1. The van der Waals surface area contributed by atoms with E-state index in [0.29, 0.717) is 29.8 Å². The van der Waals surface area contributed by atoms with Crippen molar-refractivity contribution in [1.29, 1.82) is 5.26 Å². The van der Waals surface area contributed by atoms with Crippen molar-refractivity contribution >= 4 is 22.6 Å². The number of rotatable bonds is 4. The van der Waals surface area contributed by atoms with E-state index in [9.17, 15) is 9.90 Å². The van der Waals surface area contributed by atoms with Gasteiger partial charge >= 0.3 is 0 Å². The molecule has 0 saturated carbocycles. The molecule has 0 spiro atoms. The van der Waals surface area contributed by atoms with E-state index in [2.05, 4.69) is 25.2 Å². The standard InChI is InChI=1S/C21H20N6O3/c1-13(14-2-3-15(10-22)23-11-14)25-21(29)19-20(28)16-4-5-18(26-17(16)12-24-19)27-6-8-30-9-7-27/h2-5,11-13,28H,6-9H2,1H3,(H,25,29). The number of fused-ring (bicyclic) bond motifs is 1. The van der Waals surface area contributed by atoms with Crippen LogP contribution in [0.2, 0.25) is 0 Å². The van der Waals surface area contributed by atoms with Crippen LogP contribution in [0.1, 0.15) is 34.7 Å². The second-order valence-corrected chi connectivity index (χ2v) is 6.94. The number of nitrogens with one attached hydrogen (secondary N) is 1. The third kappa shape index (κ3) is 3.86. The number of aromatic hydroxyl groups is 1. The van der Waals surface area contributed by atoms with E-state index in [1.807, 2.05) is 12.1 Å². The number of morpholine rings is 1. The molecule has 152 valence electrons.